The third-order valence-corrected chi connectivity index (χ3v) is 3.13. The van der Waals surface area contributed by atoms with Crippen LogP contribution in [0.5, 0.6) is 0 Å². The van der Waals surface area contributed by atoms with E-state index in [4.69, 9.17) is 0 Å². The number of nitrogens with one attached hydrogen (secondary N) is 1. The summed E-state index contributed by atoms with van der Waals surface area (Å²) in [7, 11) is 5.89. The zero-order valence-electron chi connectivity index (χ0n) is 11.6. The van der Waals surface area contributed by atoms with E-state index in [1.807, 2.05) is 27.2 Å². The first kappa shape index (κ1) is 13.6. The fraction of sp³-hybridized carbons (Fsp3) is 0.250. The molecule has 0 amide bonds. The van der Waals surface area contributed by atoms with Crippen LogP contribution in [0, 0.1) is 5.82 Å². The molecule has 0 aliphatic rings. The molecule has 0 saturated carbocycles. The molecule has 0 bridgehead atoms. The number of rotatable bonds is 4. The van der Waals surface area contributed by atoms with Crippen molar-refractivity contribution in [3.63, 3.8) is 0 Å². The third-order valence-electron chi connectivity index (χ3n) is 3.13. The standard InChI is InChI=1S/C16H19FN2/c1-18-11-13-10-14(17)6-9-16(13)12-4-7-15(8-5-12)19(2)3/h4-10,18H,11H2,1-3H3. The maximum absolute atomic E-state index is 13.3. The number of nitrogens with zero attached hydrogens (tertiary/aromatic N) is 1. The molecule has 100 valence electrons. The van der Waals surface area contributed by atoms with Crippen molar-refractivity contribution < 1.29 is 4.39 Å². The van der Waals surface area contributed by atoms with E-state index in [1.165, 1.54) is 6.07 Å². The van der Waals surface area contributed by atoms with Gasteiger partial charge < -0.3 is 10.2 Å². The lowest BCUT2D eigenvalue weighted by Gasteiger charge is -2.14. The molecule has 0 radical (unpaired) electrons. The fourth-order valence-corrected chi connectivity index (χ4v) is 2.12. The first-order valence-corrected chi connectivity index (χ1v) is 6.32. The molecule has 0 heterocycles. The number of benzene rings is 2. The molecular weight excluding hydrogens is 239 g/mol. The van der Waals surface area contributed by atoms with Gasteiger partial charge >= 0.3 is 0 Å². The Morgan fingerprint density at radius 1 is 1.05 bits per heavy atom. The predicted octanol–water partition coefficient (Wildman–Crippen LogP) is 3.28. The van der Waals surface area contributed by atoms with Gasteiger partial charge in [-0.25, -0.2) is 4.39 Å². The summed E-state index contributed by atoms with van der Waals surface area (Å²) in [5.41, 5.74) is 4.30. The minimum atomic E-state index is -0.195. The minimum Gasteiger partial charge on any atom is -0.378 e. The molecule has 0 unspecified atom stereocenters. The van der Waals surface area contributed by atoms with Crippen molar-refractivity contribution in [2.45, 2.75) is 6.54 Å². The average molecular weight is 258 g/mol. The lowest BCUT2D eigenvalue weighted by Crippen LogP contribution is -2.08. The Balaban J connectivity index is 2.40. The second-order valence-electron chi connectivity index (χ2n) is 4.77. The van der Waals surface area contributed by atoms with Crippen LogP contribution < -0.4 is 10.2 Å². The van der Waals surface area contributed by atoms with Crippen molar-refractivity contribution >= 4 is 5.69 Å². The normalized spacial score (nSPS) is 10.5. The Hall–Kier alpha value is -1.87. The summed E-state index contributed by atoms with van der Waals surface area (Å²) in [6.07, 6.45) is 0. The predicted molar refractivity (Wildman–Crippen MR) is 78.9 cm³/mol. The van der Waals surface area contributed by atoms with Gasteiger partial charge in [-0.05, 0) is 48.0 Å². The van der Waals surface area contributed by atoms with Gasteiger partial charge in [0.2, 0.25) is 0 Å². The zero-order chi connectivity index (χ0) is 13.8. The van der Waals surface area contributed by atoms with Gasteiger partial charge in [-0.1, -0.05) is 18.2 Å². The molecule has 2 nitrogen and oxygen atoms in total. The van der Waals surface area contributed by atoms with Gasteiger partial charge in [-0.3, -0.25) is 0 Å². The maximum Gasteiger partial charge on any atom is 0.123 e. The lowest BCUT2D eigenvalue weighted by atomic mass is 9.99. The first-order chi connectivity index (χ1) is 9.11. The van der Waals surface area contributed by atoms with E-state index in [0.29, 0.717) is 6.54 Å². The van der Waals surface area contributed by atoms with E-state index >= 15 is 0 Å². The molecule has 3 heteroatoms. The molecule has 2 rings (SSSR count). The van der Waals surface area contributed by atoms with Crippen LogP contribution in [0.4, 0.5) is 10.1 Å². The van der Waals surface area contributed by atoms with Crippen molar-refractivity contribution in [2.24, 2.45) is 0 Å². The van der Waals surface area contributed by atoms with Gasteiger partial charge in [-0.15, -0.1) is 0 Å². The molecule has 0 aliphatic heterocycles. The first-order valence-electron chi connectivity index (χ1n) is 6.32. The number of halogens is 1. The summed E-state index contributed by atoms with van der Waals surface area (Å²) in [4.78, 5) is 2.06. The molecule has 0 atom stereocenters. The van der Waals surface area contributed by atoms with Crippen molar-refractivity contribution in [1.29, 1.82) is 0 Å². The van der Waals surface area contributed by atoms with Crippen LogP contribution in [-0.4, -0.2) is 21.1 Å². The Kier molecular flexibility index (Phi) is 4.17. The van der Waals surface area contributed by atoms with Crippen LogP contribution in [-0.2, 0) is 6.54 Å². The Morgan fingerprint density at radius 3 is 2.32 bits per heavy atom. The molecular formula is C16H19FN2. The van der Waals surface area contributed by atoms with E-state index in [1.54, 1.807) is 6.07 Å². The summed E-state index contributed by atoms with van der Waals surface area (Å²) in [5, 5.41) is 3.08. The van der Waals surface area contributed by atoms with Crippen molar-refractivity contribution in [3.05, 3.63) is 53.8 Å². The van der Waals surface area contributed by atoms with Crippen LogP contribution in [0.1, 0.15) is 5.56 Å². The fourth-order valence-electron chi connectivity index (χ4n) is 2.12. The summed E-state index contributed by atoms with van der Waals surface area (Å²) in [5.74, 6) is -0.195. The van der Waals surface area contributed by atoms with E-state index in [2.05, 4.69) is 34.5 Å². The lowest BCUT2D eigenvalue weighted by molar-refractivity contribution is 0.624. The van der Waals surface area contributed by atoms with E-state index in [9.17, 15) is 4.39 Å². The van der Waals surface area contributed by atoms with Crippen LogP contribution in [0.3, 0.4) is 0 Å². The SMILES string of the molecule is CNCc1cc(F)ccc1-c1ccc(N(C)C)cc1. The monoisotopic (exact) mass is 258 g/mol. The second-order valence-corrected chi connectivity index (χ2v) is 4.77. The molecule has 19 heavy (non-hydrogen) atoms. The number of hydrogen-bond acceptors (Lipinski definition) is 2. The maximum atomic E-state index is 13.3. The molecule has 2 aromatic carbocycles. The van der Waals surface area contributed by atoms with Crippen LogP contribution in [0.25, 0.3) is 11.1 Å². The number of anilines is 1. The summed E-state index contributed by atoms with van der Waals surface area (Å²) < 4.78 is 13.3. The van der Waals surface area contributed by atoms with Gasteiger partial charge in [-0.2, -0.15) is 0 Å². The molecule has 0 spiro atoms. The highest BCUT2D eigenvalue weighted by molar-refractivity contribution is 5.69. The summed E-state index contributed by atoms with van der Waals surface area (Å²) in [6, 6.07) is 13.2. The van der Waals surface area contributed by atoms with Crippen molar-refractivity contribution in [1.82, 2.24) is 5.32 Å². The number of hydrogen-bond donors (Lipinski definition) is 1. The van der Waals surface area contributed by atoms with E-state index in [0.717, 1.165) is 22.4 Å². The van der Waals surface area contributed by atoms with Gasteiger partial charge in [0.1, 0.15) is 5.82 Å². The largest absolute Gasteiger partial charge is 0.378 e. The topological polar surface area (TPSA) is 15.3 Å². The minimum absolute atomic E-state index is 0.195. The molecule has 1 N–H and O–H groups in total. The van der Waals surface area contributed by atoms with Gasteiger partial charge in [0.05, 0.1) is 0 Å². The zero-order valence-corrected chi connectivity index (χ0v) is 11.6. The van der Waals surface area contributed by atoms with Crippen LogP contribution in [0.2, 0.25) is 0 Å². The Bertz CT molecular complexity index is 547. The molecule has 0 aromatic heterocycles. The summed E-state index contributed by atoms with van der Waals surface area (Å²) in [6.45, 7) is 0.655. The highest BCUT2D eigenvalue weighted by Crippen LogP contribution is 2.26. The second kappa shape index (κ2) is 5.85. The summed E-state index contributed by atoms with van der Waals surface area (Å²) >= 11 is 0. The van der Waals surface area contributed by atoms with Gasteiger partial charge in [0.25, 0.3) is 0 Å². The third kappa shape index (κ3) is 3.12. The van der Waals surface area contributed by atoms with Crippen molar-refractivity contribution in [3.8, 4) is 11.1 Å². The van der Waals surface area contributed by atoms with Crippen LogP contribution >= 0.6 is 0 Å². The molecule has 0 aliphatic carbocycles. The molecule has 0 saturated heterocycles. The highest BCUT2D eigenvalue weighted by atomic mass is 19.1. The van der Waals surface area contributed by atoms with E-state index < -0.39 is 0 Å². The smallest absolute Gasteiger partial charge is 0.123 e. The Morgan fingerprint density at radius 2 is 1.74 bits per heavy atom. The quantitative estimate of drug-likeness (QED) is 0.905. The van der Waals surface area contributed by atoms with Crippen LogP contribution in [0.15, 0.2) is 42.5 Å². The average Bonchev–Trinajstić information content (AvgIpc) is 2.39. The molecule has 2 aromatic rings. The molecule has 0 fully saturated rings. The highest BCUT2D eigenvalue weighted by Gasteiger charge is 2.06. The van der Waals surface area contributed by atoms with E-state index in [-0.39, 0.29) is 5.82 Å². The van der Waals surface area contributed by atoms with Gasteiger partial charge in [0, 0.05) is 26.3 Å². The van der Waals surface area contributed by atoms with Gasteiger partial charge in [0.15, 0.2) is 0 Å². The Labute approximate surface area is 113 Å². The van der Waals surface area contributed by atoms with Crippen molar-refractivity contribution in [2.75, 3.05) is 26.0 Å².